The van der Waals surface area contributed by atoms with Crippen molar-refractivity contribution in [2.24, 2.45) is 0 Å². The highest BCUT2D eigenvalue weighted by Crippen LogP contribution is 2.23. The molecule has 0 aliphatic carbocycles. The van der Waals surface area contributed by atoms with E-state index in [2.05, 4.69) is 4.74 Å². The maximum Gasteiger partial charge on any atom is 0.340 e. The number of esters is 1. The number of benzene rings is 1. The van der Waals surface area contributed by atoms with E-state index in [4.69, 9.17) is 10.5 Å². The Labute approximate surface area is 108 Å². The average molecular weight is 277 g/mol. The fourth-order valence-electron chi connectivity index (χ4n) is 1.28. The molecule has 1 rings (SSSR count). The smallest absolute Gasteiger partial charge is 0.340 e. The van der Waals surface area contributed by atoms with Gasteiger partial charge in [-0.15, -0.1) is 0 Å². The molecule has 2 unspecified atom stereocenters. The highest BCUT2D eigenvalue weighted by atomic mass is 19.2. The molecule has 0 aliphatic rings. The summed E-state index contributed by atoms with van der Waals surface area (Å²) in [5.74, 6) is -0.732. The number of carbonyl (C=O) groups is 1. The minimum absolute atomic E-state index is 0.00110. The summed E-state index contributed by atoms with van der Waals surface area (Å²) in [6.45, 7) is 0.332. The van der Waals surface area contributed by atoms with Crippen LogP contribution in [0.1, 0.15) is 17.3 Å². The molecule has 0 aromatic heterocycles. The second-order valence-electron chi connectivity index (χ2n) is 3.61. The molecule has 0 saturated carbocycles. The minimum atomic E-state index is -2.43. The number of hydrogen-bond acceptors (Lipinski definition) is 4. The molecule has 106 valence electrons. The summed E-state index contributed by atoms with van der Waals surface area (Å²) in [7, 11) is 0. The van der Waals surface area contributed by atoms with Crippen LogP contribution in [0.25, 0.3) is 0 Å². The van der Waals surface area contributed by atoms with Gasteiger partial charge in [0.1, 0.15) is 12.4 Å². The fraction of sp³-hybridized carbons (Fsp3) is 0.417. The highest BCUT2D eigenvalue weighted by molar-refractivity contribution is 5.95. The van der Waals surface area contributed by atoms with Crippen LogP contribution in [0.15, 0.2) is 18.2 Å². The molecule has 0 amide bonds. The average Bonchev–Trinajstić information content (AvgIpc) is 2.38. The Morgan fingerprint density at radius 2 is 2.11 bits per heavy atom. The zero-order valence-corrected chi connectivity index (χ0v) is 10.2. The van der Waals surface area contributed by atoms with E-state index < -0.39 is 25.2 Å². The van der Waals surface area contributed by atoms with Crippen molar-refractivity contribution in [3.8, 4) is 5.75 Å². The number of rotatable bonds is 6. The number of carbonyl (C=O) groups excluding carboxylic acids is 1. The van der Waals surface area contributed by atoms with Crippen LogP contribution in [-0.4, -0.2) is 31.8 Å². The Hall–Kier alpha value is -1.92. The second-order valence-corrected chi connectivity index (χ2v) is 3.61. The van der Waals surface area contributed by atoms with Crippen molar-refractivity contribution in [3.63, 3.8) is 0 Å². The number of halogens is 3. The summed E-state index contributed by atoms with van der Waals surface area (Å²) in [5, 5.41) is 0. The molecule has 0 heterocycles. The maximum atomic E-state index is 13.0. The van der Waals surface area contributed by atoms with Crippen molar-refractivity contribution in [2.75, 3.05) is 19.0 Å². The van der Waals surface area contributed by atoms with Gasteiger partial charge in [0.25, 0.3) is 6.36 Å². The molecule has 4 nitrogen and oxygen atoms in total. The number of anilines is 1. The van der Waals surface area contributed by atoms with E-state index in [-0.39, 0.29) is 23.6 Å². The summed E-state index contributed by atoms with van der Waals surface area (Å²) in [6.07, 6.45) is -4.80. The zero-order valence-electron chi connectivity index (χ0n) is 10.2. The summed E-state index contributed by atoms with van der Waals surface area (Å²) < 4.78 is 46.8. The third kappa shape index (κ3) is 4.04. The van der Waals surface area contributed by atoms with Gasteiger partial charge in [-0.2, -0.15) is 4.39 Å². The van der Waals surface area contributed by atoms with Gasteiger partial charge in [0.15, 0.2) is 6.17 Å². The first-order valence-corrected chi connectivity index (χ1v) is 5.57. The van der Waals surface area contributed by atoms with Crippen molar-refractivity contribution in [2.45, 2.75) is 19.5 Å². The van der Waals surface area contributed by atoms with E-state index in [9.17, 15) is 18.0 Å². The van der Waals surface area contributed by atoms with Gasteiger partial charge in [-0.1, -0.05) is 0 Å². The van der Waals surface area contributed by atoms with Gasteiger partial charge < -0.3 is 15.2 Å². The Kier molecular flexibility index (Phi) is 5.47. The molecule has 19 heavy (non-hydrogen) atoms. The number of alkyl halides is 3. The highest BCUT2D eigenvalue weighted by Gasteiger charge is 2.22. The van der Waals surface area contributed by atoms with Gasteiger partial charge in [0.05, 0.1) is 12.2 Å². The number of ether oxygens (including phenoxy) is 2. The first kappa shape index (κ1) is 15.1. The SMILES string of the molecule is CCOC(=O)c1ccc(OC(F)C(F)CF)cc1N. The van der Waals surface area contributed by atoms with Crippen molar-refractivity contribution in [3.05, 3.63) is 23.8 Å². The Morgan fingerprint density at radius 1 is 1.42 bits per heavy atom. The first-order valence-electron chi connectivity index (χ1n) is 5.57. The van der Waals surface area contributed by atoms with Crippen LogP contribution >= 0.6 is 0 Å². The predicted octanol–water partition coefficient (Wildman–Crippen LogP) is 2.43. The Balaban J connectivity index is 2.79. The quantitative estimate of drug-likeness (QED) is 0.640. The van der Waals surface area contributed by atoms with Crippen LogP contribution in [0.2, 0.25) is 0 Å². The lowest BCUT2D eigenvalue weighted by molar-refractivity contribution is -0.0147. The summed E-state index contributed by atoms with van der Waals surface area (Å²) in [6, 6.07) is 3.63. The van der Waals surface area contributed by atoms with Crippen LogP contribution in [-0.2, 0) is 4.74 Å². The molecule has 2 atom stereocenters. The molecule has 0 fully saturated rings. The largest absolute Gasteiger partial charge is 0.462 e. The molecule has 2 N–H and O–H groups in total. The Morgan fingerprint density at radius 3 is 2.63 bits per heavy atom. The van der Waals surface area contributed by atoms with Gasteiger partial charge >= 0.3 is 5.97 Å². The molecular formula is C12H14F3NO3. The normalized spacial score (nSPS) is 13.7. The maximum absolute atomic E-state index is 13.0. The monoisotopic (exact) mass is 277 g/mol. The molecule has 0 aliphatic heterocycles. The van der Waals surface area contributed by atoms with Crippen LogP contribution < -0.4 is 10.5 Å². The van der Waals surface area contributed by atoms with Crippen LogP contribution in [0, 0.1) is 0 Å². The van der Waals surface area contributed by atoms with E-state index in [1.165, 1.54) is 12.1 Å². The van der Waals surface area contributed by atoms with Gasteiger partial charge in [0.2, 0.25) is 0 Å². The van der Waals surface area contributed by atoms with E-state index in [1.54, 1.807) is 6.92 Å². The second kappa shape index (κ2) is 6.86. The summed E-state index contributed by atoms with van der Waals surface area (Å²) in [5.41, 5.74) is 5.65. The lowest BCUT2D eigenvalue weighted by atomic mass is 10.2. The van der Waals surface area contributed by atoms with Crippen LogP contribution in [0.3, 0.4) is 0 Å². The van der Waals surface area contributed by atoms with Gasteiger partial charge in [0, 0.05) is 11.8 Å². The van der Waals surface area contributed by atoms with E-state index in [1.807, 2.05) is 0 Å². The van der Waals surface area contributed by atoms with Crippen molar-refractivity contribution < 1.29 is 27.4 Å². The third-order valence-corrected chi connectivity index (χ3v) is 2.20. The summed E-state index contributed by atoms with van der Waals surface area (Å²) in [4.78, 5) is 11.4. The van der Waals surface area contributed by atoms with Crippen molar-refractivity contribution in [1.82, 2.24) is 0 Å². The standard InChI is InChI=1S/C12H14F3NO3/c1-2-18-12(17)8-4-3-7(5-10(8)16)19-11(15)9(14)6-13/h3-5,9,11H,2,6,16H2,1H3. The molecule has 1 aromatic carbocycles. The Bertz CT molecular complexity index is 442. The molecule has 1 aromatic rings. The van der Waals surface area contributed by atoms with Gasteiger partial charge in [-0.3, -0.25) is 0 Å². The molecule has 7 heteroatoms. The van der Waals surface area contributed by atoms with Crippen LogP contribution in [0.5, 0.6) is 5.75 Å². The lowest BCUT2D eigenvalue weighted by Crippen LogP contribution is -2.25. The lowest BCUT2D eigenvalue weighted by Gasteiger charge is -2.14. The molecule has 0 saturated heterocycles. The number of nitrogen functional groups attached to an aromatic ring is 1. The van der Waals surface area contributed by atoms with Gasteiger partial charge in [-0.25, -0.2) is 13.6 Å². The van der Waals surface area contributed by atoms with E-state index >= 15 is 0 Å². The zero-order chi connectivity index (χ0) is 14.4. The van der Waals surface area contributed by atoms with E-state index in [0.29, 0.717) is 0 Å². The number of nitrogens with two attached hydrogens (primary N) is 1. The first-order chi connectivity index (χ1) is 8.99. The third-order valence-electron chi connectivity index (χ3n) is 2.20. The minimum Gasteiger partial charge on any atom is -0.462 e. The van der Waals surface area contributed by atoms with E-state index in [0.717, 1.165) is 6.07 Å². The number of hydrogen-bond donors (Lipinski definition) is 1. The molecule has 0 bridgehead atoms. The fourth-order valence-corrected chi connectivity index (χ4v) is 1.28. The summed E-state index contributed by atoms with van der Waals surface area (Å²) >= 11 is 0. The van der Waals surface area contributed by atoms with Gasteiger partial charge in [-0.05, 0) is 19.1 Å². The molecular weight excluding hydrogens is 263 g/mol. The van der Waals surface area contributed by atoms with Crippen LogP contribution in [0.4, 0.5) is 18.9 Å². The van der Waals surface area contributed by atoms with Crippen molar-refractivity contribution >= 4 is 11.7 Å². The van der Waals surface area contributed by atoms with Crippen molar-refractivity contribution in [1.29, 1.82) is 0 Å². The molecule has 0 spiro atoms. The topological polar surface area (TPSA) is 61.5 Å². The molecule has 0 radical (unpaired) electrons. The predicted molar refractivity (Wildman–Crippen MR) is 63.2 cm³/mol.